The molecule has 8 heteroatoms. The second-order valence-corrected chi connectivity index (χ2v) is 11.5. The lowest BCUT2D eigenvalue weighted by Crippen LogP contribution is -2.55. The van der Waals surface area contributed by atoms with Crippen molar-refractivity contribution in [3.8, 4) is 11.1 Å². The quantitative estimate of drug-likeness (QED) is 0.388. The number of fused-ring (bicyclic) bond motifs is 5. The van der Waals surface area contributed by atoms with Crippen molar-refractivity contribution in [3.05, 3.63) is 71.8 Å². The Labute approximate surface area is 234 Å². The monoisotopic (exact) mass is 540 g/mol. The maximum atomic E-state index is 13.7. The highest BCUT2D eigenvalue weighted by Gasteiger charge is 2.59. The van der Waals surface area contributed by atoms with Gasteiger partial charge in [-0.1, -0.05) is 78.7 Å². The van der Waals surface area contributed by atoms with E-state index in [-0.39, 0.29) is 36.5 Å². The molecule has 6 rings (SSSR count). The molecule has 0 bridgehead atoms. The summed E-state index contributed by atoms with van der Waals surface area (Å²) in [6, 6.07) is 14.7. The molecule has 8 nitrogen and oxygen atoms in total. The molecule has 1 unspecified atom stereocenters. The highest BCUT2D eigenvalue weighted by atomic mass is 16.6. The standard InChI is InChI=1S/C32H36N4O4/c1-20(37)32-18-21(32)11-5-3-2-4-6-16-27(33)31(39)36-19-22(17-28(36)30(38)34-32)40-35-29-25-14-9-7-12-23(25)24-13-8-10-15-26(24)29/h5,7-15,21-22,27-28H,2-4,6,16-19,33H2,1H3,(H,34,38)/b11-5-/t21?,22-,27+,28+,32+/m1/s1. The molecule has 0 radical (unpaired) electrons. The van der Waals surface area contributed by atoms with Crippen molar-refractivity contribution in [2.45, 2.75) is 75.6 Å². The number of nitrogens with one attached hydrogen (secondary N) is 1. The van der Waals surface area contributed by atoms with E-state index in [1.54, 1.807) is 4.90 Å². The van der Waals surface area contributed by atoms with Gasteiger partial charge in [-0.3, -0.25) is 14.4 Å². The maximum absolute atomic E-state index is 13.7. The lowest BCUT2D eigenvalue weighted by Gasteiger charge is -2.28. The van der Waals surface area contributed by atoms with Gasteiger partial charge in [0.15, 0.2) is 5.78 Å². The summed E-state index contributed by atoms with van der Waals surface area (Å²) < 4.78 is 0. The van der Waals surface area contributed by atoms with Crippen molar-refractivity contribution >= 4 is 23.3 Å². The fourth-order valence-electron chi connectivity index (χ4n) is 6.45. The zero-order valence-corrected chi connectivity index (χ0v) is 22.8. The highest BCUT2D eigenvalue weighted by molar-refractivity contribution is 6.24. The van der Waals surface area contributed by atoms with Gasteiger partial charge in [-0.15, -0.1) is 0 Å². The van der Waals surface area contributed by atoms with Gasteiger partial charge in [0, 0.05) is 23.5 Å². The largest absolute Gasteiger partial charge is 0.390 e. The van der Waals surface area contributed by atoms with Gasteiger partial charge in [0.05, 0.1) is 12.6 Å². The van der Waals surface area contributed by atoms with Gasteiger partial charge >= 0.3 is 0 Å². The van der Waals surface area contributed by atoms with Gasteiger partial charge in [-0.2, -0.15) is 0 Å². The molecular formula is C32H36N4O4. The molecule has 5 atom stereocenters. The average Bonchev–Trinajstić information content (AvgIpc) is 3.33. The van der Waals surface area contributed by atoms with E-state index < -0.39 is 23.7 Å². The molecular weight excluding hydrogens is 504 g/mol. The summed E-state index contributed by atoms with van der Waals surface area (Å²) in [5.41, 5.74) is 10.4. The average molecular weight is 541 g/mol. The summed E-state index contributed by atoms with van der Waals surface area (Å²) in [7, 11) is 0. The van der Waals surface area contributed by atoms with E-state index in [1.165, 1.54) is 6.92 Å². The van der Waals surface area contributed by atoms with Crippen molar-refractivity contribution < 1.29 is 19.2 Å². The SMILES string of the molecule is CC(=O)[C@@]12CC1/C=C\CCCCC[C@H](N)C(=O)N1C[C@H](ON=C3c4ccccc4-c4ccccc43)C[C@H]1C(=O)N2. The van der Waals surface area contributed by atoms with E-state index in [9.17, 15) is 14.4 Å². The first kappa shape index (κ1) is 26.4. The minimum absolute atomic E-state index is 0.0205. The number of nitrogens with two attached hydrogens (primary N) is 1. The predicted molar refractivity (Wildman–Crippen MR) is 152 cm³/mol. The molecule has 2 aromatic carbocycles. The third kappa shape index (κ3) is 4.74. The number of Topliss-reactive ketones (excluding diaryl/α,β-unsaturated/α-hetero) is 1. The molecule has 2 amide bonds. The molecule has 2 aliphatic carbocycles. The fraction of sp³-hybridized carbons (Fsp3) is 0.438. The number of rotatable bonds is 3. The molecule has 2 fully saturated rings. The number of benzene rings is 2. The Morgan fingerprint density at radius 1 is 1.02 bits per heavy atom. The van der Waals surface area contributed by atoms with Crippen LogP contribution in [-0.4, -0.2) is 58.5 Å². The van der Waals surface area contributed by atoms with E-state index in [0.717, 1.165) is 53.6 Å². The van der Waals surface area contributed by atoms with Crippen molar-refractivity contribution in [1.82, 2.24) is 10.2 Å². The van der Waals surface area contributed by atoms with Gasteiger partial charge in [0.25, 0.3) is 0 Å². The fourth-order valence-corrected chi connectivity index (χ4v) is 6.45. The molecule has 208 valence electrons. The number of carbonyl (C=O) groups is 3. The van der Waals surface area contributed by atoms with Crippen LogP contribution in [0.1, 0.15) is 63.0 Å². The van der Waals surface area contributed by atoms with Gasteiger partial charge in [0.1, 0.15) is 23.4 Å². The molecule has 1 saturated carbocycles. The lowest BCUT2D eigenvalue weighted by molar-refractivity contribution is -0.140. The number of hydrogen-bond donors (Lipinski definition) is 2. The third-order valence-corrected chi connectivity index (χ3v) is 8.86. The molecule has 0 aromatic heterocycles. The number of carbonyl (C=O) groups excluding carboxylic acids is 3. The van der Waals surface area contributed by atoms with E-state index in [0.29, 0.717) is 12.8 Å². The molecule has 2 aromatic rings. The second kappa shape index (κ2) is 10.7. The summed E-state index contributed by atoms with van der Waals surface area (Å²) in [6.07, 6.45) is 8.83. The Bertz CT molecular complexity index is 1350. The number of allylic oxidation sites excluding steroid dienone is 1. The lowest BCUT2D eigenvalue weighted by atomic mass is 10.1. The van der Waals surface area contributed by atoms with Gasteiger partial charge < -0.3 is 20.8 Å². The molecule has 0 spiro atoms. The Morgan fingerprint density at radius 3 is 2.38 bits per heavy atom. The van der Waals surface area contributed by atoms with E-state index in [4.69, 9.17) is 10.6 Å². The molecule has 2 heterocycles. The summed E-state index contributed by atoms with van der Waals surface area (Å²) in [5.74, 6) is -0.678. The summed E-state index contributed by atoms with van der Waals surface area (Å²) in [4.78, 5) is 47.4. The number of ketones is 1. The molecule has 1 saturated heterocycles. The number of hydrogen-bond acceptors (Lipinski definition) is 6. The van der Waals surface area contributed by atoms with Gasteiger partial charge in [-0.05, 0) is 43.7 Å². The minimum atomic E-state index is -0.902. The molecule has 4 aliphatic rings. The molecule has 3 N–H and O–H groups in total. The first-order chi connectivity index (χ1) is 19.4. The van der Waals surface area contributed by atoms with Crippen molar-refractivity contribution in [2.24, 2.45) is 16.8 Å². The van der Waals surface area contributed by atoms with E-state index in [1.807, 2.05) is 36.4 Å². The van der Waals surface area contributed by atoms with Gasteiger partial charge in [-0.25, -0.2) is 0 Å². The Hall–Kier alpha value is -3.78. The number of oxime groups is 1. The maximum Gasteiger partial charge on any atom is 0.243 e. The van der Waals surface area contributed by atoms with Crippen LogP contribution in [0, 0.1) is 5.92 Å². The summed E-state index contributed by atoms with van der Waals surface area (Å²) in [6.45, 7) is 1.73. The number of amides is 2. The zero-order valence-electron chi connectivity index (χ0n) is 22.8. The van der Waals surface area contributed by atoms with Crippen LogP contribution in [-0.2, 0) is 19.2 Å². The first-order valence-electron chi connectivity index (χ1n) is 14.4. The predicted octanol–water partition coefficient (Wildman–Crippen LogP) is 3.72. The van der Waals surface area contributed by atoms with Crippen LogP contribution in [0.25, 0.3) is 11.1 Å². The van der Waals surface area contributed by atoms with E-state index in [2.05, 4.69) is 34.8 Å². The van der Waals surface area contributed by atoms with Crippen LogP contribution < -0.4 is 11.1 Å². The Kier molecular flexibility index (Phi) is 7.04. The van der Waals surface area contributed by atoms with Crippen LogP contribution in [0.15, 0.2) is 65.8 Å². The Balaban J connectivity index is 1.26. The first-order valence-corrected chi connectivity index (χ1v) is 14.4. The summed E-state index contributed by atoms with van der Waals surface area (Å²) >= 11 is 0. The summed E-state index contributed by atoms with van der Waals surface area (Å²) in [5, 5.41) is 7.60. The van der Waals surface area contributed by atoms with Crippen LogP contribution in [0.5, 0.6) is 0 Å². The van der Waals surface area contributed by atoms with Crippen LogP contribution in [0.3, 0.4) is 0 Å². The van der Waals surface area contributed by atoms with Crippen LogP contribution in [0.2, 0.25) is 0 Å². The van der Waals surface area contributed by atoms with Crippen LogP contribution >= 0.6 is 0 Å². The normalized spacial score (nSPS) is 30.6. The second-order valence-electron chi connectivity index (χ2n) is 11.5. The minimum Gasteiger partial charge on any atom is -0.390 e. The number of nitrogens with zero attached hydrogens (tertiary/aromatic N) is 2. The van der Waals surface area contributed by atoms with Crippen molar-refractivity contribution in [2.75, 3.05) is 6.54 Å². The Morgan fingerprint density at radius 2 is 1.70 bits per heavy atom. The van der Waals surface area contributed by atoms with Crippen molar-refractivity contribution in [3.63, 3.8) is 0 Å². The zero-order chi connectivity index (χ0) is 27.9. The van der Waals surface area contributed by atoms with Crippen molar-refractivity contribution in [1.29, 1.82) is 0 Å². The smallest absolute Gasteiger partial charge is 0.243 e. The molecule has 40 heavy (non-hydrogen) atoms. The van der Waals surface area contributed by atoms with Crippen LogP contribution in [0.4, 0.5) is 0 Å². The van der Waals surface area contributed by atoms with E-state index >= 15 is 0 Å². The third-order valence-electron chi connectivity index (χ3n) is 8.86. The highest BCUT2D eigenvalue weighted by Crippen LogP contribution is 2.46. The topological polar surface area (TPSA) is 114 Å². The molecule has 2 aliphatic heterocycles. The van der Waals surface area contributed by atoms with Gasteiger partial charge in [0.2, 0.25) is 11.8 Å².